The van der Waals surface area contributed by atoms with Gasteiger partial charge in [-0.15, -0.1) is 0 Å². The zero-order valence-corrected chi connectivity index (χ0v) is 9.81. The molecule has 0 amide bonds. The molecular formula is C10H15ClN4O. The van der Waals surface area contributed by atoms with Gasteiger partial charge in [-0.2, -0.15) is 0 Å². The Hall–Kier alpha value is -0.910. The molecule has 16 heavy (non-hydrogen) atoms. The number of nitrogens with two attached hydrogens (primary N) is 1. The number of nitrogens with zero attached hydrogens (tertiary/aromatic N) is 2. The Morgan fingerprint density at radius 3 is 3.12 bits per heavy atom. The van der Waals surface area contributed by atoms with E-state index >= 15 is 0 Å². The van der Waals surface area contributed by atoms with Crippen molar-refractivity contribution in [2.45, 2.75) is 31.5 Å². The van der Waals surface area contributed by atoms with Crippen LogP contribution in [0.2, 0.25) is 5.02 Å². The van der Waals surface area contributed by atoms with Crippen LogP contribution in [-0.4, -0.2) is 34.8 Å². The van der Waals surface area contributed by atoms with Gasteiger partial charge in [0.25, 0.3) is 0 Å². The second-order valence-electron chi connectivity index (χ2n) is 3.78. The molecule has 2 rings (SSSR count). The lowest BCUT2D eigenvalue weighted by Crippen LogP contribution is -2.60. The average molecular weight is 243 g/mol. The fourth-order valence-electron chi connectivity index (χ4n) is 1.80. The Morgan fingerprint density at radius 2 is 2.50 bits per heavy atom. The van der Waals surface area contributed by atoms with E-state index in [1.54, 1.807) is 6.20 Å². The second-order valence-corrected chi connectivity index (χ2v) is 4.19. The first-order valence-electron chi connectivity index (χ1n) is 5.31. The van der Waals surface area contributed by atoms with Gasteiger partial charge in [0.2, 0.25) is 0 Å². The molecule has 3 N–H and O–H groups in total. The molecule has 3 unspecified atom stereocenters. The van der Waals surface area contributed by atoms with Crippen molar-refractivity contribution in [1.82, 2.24) is 9.97 Å². The molecule has 1 aliphatic rings. The van der Waals surface area contributed by atoms with Gasteiger partial charge in [0.1, 0.15) is 17.2 Å². The lowest BCUT2D eigenvalue weighted by Gasteiger charge is -2.42. The molecule has 1 aliphatic carbocycles. The molecule has 88 valence electrons. The zero-order chi connectivity index (χ0) is 11.5. The van der Waals surface area contributed by atoms with E-state index in [1.165, 1.54) is 6.33 Å². The number of halogens is 1. The van der Waals surface area contributed by atoms with Crippen LogP contribution in [0.15, 0.2) is 12.5 Å². The van der Waals surface area contributed by atoms with Gasteiger partial charge in [0.05, 0.1) is 18.3 Å². The van der Waals surface area contributed by atoms with Gasteiger partial charge in [0.15, 0.2) is 0 Å². The summed E-state index contributed by atoms with van der Waals surface area (Å²) in [5.74, 6) is 0.613. The van der Waals surface area contributed by atoms with Crippen LogP contribution in [0.5, 0.6) is 0 Å². The molecule has 6 heteroatoms. The Balaban J connectivity index is 2.01. The van der Waals surface area contributed by atoms with Crippen molar-refractivity contribution >= 4 is 17.4 Å². The summed E-state index contributed by atoms with van der Waals surface area (Å²) >= 11 is 5.95. The van der Waals surface area contributed by atoms with Crippen LogP contribution in [-0.2, 0) is 4.74 Å². The van der Waals surface area contributed by atoms with E-state index in [9.17, 15) is 0 Å². The minimum absolute atomic E-state index is 0.0762. The first kappa shape index (κ1) is 11.6. The van der Waals surface area contributed by atoms with Gasteiger partial charge in [-0.25, -0.2) is 9.97 Å². The minimum Gasteiger partial charge on any atom is -0.376 e. The summed E-state index contributed by atoms with van der Waals surface area (Å²) in [5.41, 5.74) is 5.91. The van der Waals surface area contributed by atoms with Crippen LogP contribution in [0.4, 0.5) is 5.82 Å². The van der Waals surface area contributed by atoms with Gasteiger partial charge < -0.3 is 15.8 Å². The first-order valence-corrected chi connectivity index (χ1v) is 5.69. The van der Waals surface area contributed by atoms with Crippen LogP contribution in [0.1, 0.15) is 13.3 Å². The number of aromatic nitrogens is 2. The summed E-state index contributed by atoms with van der Waals surface area (Å²) in [6, 6.07) is 0.162. The Morgan fingerprint density at radius 1 is 1.69 bits per heavy atom. The SMILES string of the molecule is CCOC1CC(N)C1Nc1ncncc1Cl. The van der Waals surface area contributed by atoms with Crippen molar-refractivity contribution in [2.24, 2.45) is 5.73 Å². The summed E-state index contributed by atoms with van der Waals surface area (Å²) < 4.78 is 5.54. The zero-order valence-electron chi connectivity index (χ0n) is 9.06. The van der Waals surface area contributed by atoms with Crippen molar-refractivity contribution in [3.8, 4) is 0 Å². The third-order valence-electron chi connectivity index (χ3n) is 2.72. The van der Waals surface area contributed by atoms with E-state index in [1.807, 2.05) is 6.92 Å². The van der Waals surface area contributed by atoms with E-state index in [2.05, 4.69) is 15.3 Å². The van der Waals surface area contributed by atoms with Gasteiger partial charge in [-0.1, -0.05) is 11.6 Å². The number of hydrogen-bond acceptors (Lipinski definition) is 5. The molecule has 3 atom stereocenters. The Kier molecular flexibility index (Phi) is 3.58. The molecule has 5 nitrogen and oxygen atoms in total. The summed E-state index contributed by atoms with van der Waals surface area (Å²) in [4.78, 5) is 7.89. The predicted molar refractivity (Wildman–Crippen MR) is 62.5 cm³/mol. The molecule has 0 saturated heterocycles. The first-order chi connectivity index (χ1) is 7.72. The molecule has 0 aromatic carbocycles. The van der Waals surface area contributed by atoms with E-state index in [4.69, 9.17) is 22.1 Å². The molecule has 1 aromatic heterocycles. The van der Waals surface area contributed by atoms with Crippen molar-refractivity contribution in [1.29, 1.82) is 0 Å². The average Bonchev–Trinajstić information content (AvgIpc) is 2.28. The van der Waals surface area contributed by atoms with Gasteiger partial charge in [0, 0.05) is 12.6 Å². The normalized spacial score (nSPS) is 28.6. The molecule has 1 saturated carbocycles. The molecule has 0 radical (unpaired) electrons. The van der Waals surface area contributed by atoms with E-state index in [0.29, 0.717) is 17.4 Å². The lowest BCUT2D eigenvalue weighted by atomic mass is 9.83. The van der Waals surface area contributed by atoms with Crippen molar-refractivity contribution in [2.75, 3.05) is 11.9 Å². The smallest absolute Gasteiger partial charge is 0.148 e. The highest BCUT2D eigenvalue weighted by atomic mass is 35.5. The topological polar surface area (TPSA) is 73.1 Å². The van der Waals surface area contributed by atoms with Crippen molar-refractivity contribution in [3.63, 3.8) is 0 Å². The number of ether oxygens (including phenoxy) is 1. The molecule has 0 aliphatic heterocycles. The molecule has 1 fully saturated rings. The molecule has 1 aromatic rings. The summed E-state index contributed by atoms with van der Waals surface area (Å²) in [5, 5.41) is 3.70. The number of hydrogen-bond donors (Lipinski definition) is 2. The lowest BCUT2D eigenvalue weighted by molar-refractivity contribution is -0.0127. The van der Waals surface area contributed by atoms with Crippen molar-refractivity contribution < 1.29 is 4.74 Å². The Labute approximate surface area is 99.4 Å². The largest absolute Gasteiger partial charge is 0.376 e. The van der Waals surface area contributed by atoms with E-state index in [0.717, 1.165) is 6.42 Å². The number of anilines is 1. The maximum atomic E-state index is 5.95. The summed E-state index contributed by atoms with van der Waals surface area (Å²) in [6.45, 7) is 2.66. The van der Waals surface area contributed by atoms with Gasteiger partial charge in [-0.05, 0) is 13.3 Å². The third-order valence-corrected chi connectivity index (χ3v) is 2.99. The number of rotatable bonds is 4. The second kappa shape index (κ2) is 4.95. The van der Waals surface area contributed by atoms with Crippen LogP contribution >= 0.6 is 11.6 Å². The molecular weight excluding hydrogens is 228 g/mol. The van der Waals surface area contributed by atoms with Gasteiger partial charge in [-0.3, -0.25) is 0 Å². The molecule has 0 bridgehead atoms. The van der Waals surface area contributed by atoms with Crippen LogP contribution in [0.3, 0.4) is 0 Å². The molecule has 1 heterocycles. The highest BCUT2D eigenvalue weighted by Gasteiger charge is 2.39. The molecule has 0 spiro atoms. The predicted octanol–water partition coefficient (Wildman–Crippen LogP) is 1.05. The van der Waals surface area contributed by atoms with Crippen LogP contribution in [0.25, 0.3) is 0 Å². The highest BCUT2D eigenvalue weighted by molar-refractivity contribution is 6.32. The van der Waals surface area contributed by atoms with Crippen LogP contribution < -0.4 is 11.1 Å². The maximum absolute atomic E-state index is 5.95. The summed E-state index contributed by atoms with van der Waals surface area (Å²) in [7, 11) is 0. The standard InChI is InChI=1S/C10H15ClN4O/c1-2-16-8-3-7(12)9(8)15-10-6(11)4-13-5-14-10/h4-5,7-9H,2-3,12H2,1H3,(H,13,14,15). The highest BCUT2D eigenvalue weighted by Crippen LogP contribution is 2.27. The number of nitrogens with one attached hydrogen (secondary N) is 1. The van der Waals surface area contributed by atoms with E-state index in [-0.39, 0.29) is 18.2 Å². The minimum atomic E-state index is 0.0762. The quantitative estimate of drug-likeness (QED) is 0.826. The fourth-order valence-corrected chi connectivity index (χ4v) is 1.96. The monoisotopic (exact) mass is 242 g/mol. The third kappa shape index (κ3) is 2.26. The Bertz CT molecular complexity index is 360. The summed E-state index contributed by atoms with van der Waals surface area (Å²) in [6.07, 6.45) is 4.02. The van der Waals surface area contributed by atoms with E-state index < -0.39 is 0 Å². The maximum Gasteiger partial charge on any atom is 0.148 e. The van der Waals surface area contributed by atoms with Crippen molar-refractivity contribution in [3.05, 3.63) is 17.5 Å². The fraction of sp³-hybridized carbons (Fsp3) is 0.600. The van der Waals surface area contributed by atoms with Gasteiger partial charge >= 0.3 is 0 Å². The van der Waals surface area contributed by atoms with Crippen LogP contribution in [0, 0.1) is 0 Å².